The number of rotatable bonds is 7. The van der Waals surface area contributed by atoms with Crippen LogP contribution in [0.5, 0.6) is 0 Å². The van der Waals surface area contributed by atoms with Gasteiger partial charge in [0.1, 0.15) is 0 Å². The lowest BCUT2D eigenvalue weighted by atomic mass is 9.81. The Kier molecular flexibility index (Phi) is 7.05. The zero-order valence-electron chi connectivity index (χ0n) is 16.7. The maximum atomic E-state index is 12.6. The zero-order chi connectivity index (χ0) is 20.9. The lowest BCUT2D eigenvalue weighted by Gasteiger charge is -2.31. The minimum absolute atomic E-state index is 0.0178. The fourth-order valence-electron chi connectivity index (χ4n) is 3.99. The lowest BCUT2D eigenvalue weighted by molar-refractivity contribution is -0.115. The van der Waals surface area contributed by atoms with E-state index in [9.17, 15) is 13.2 Å². The molecule has 0 spiro atoms. The SMILES string of the molecule is Cc1ccc(S(N)(=O)=O)cc1NC(=O)CNC(c1ccccc1)C1CCCCC1. The van der Waals surface area contributed by atoms with Gasteiger partial charge >= 0.3 is 0 Å². The van der Waals surface area contributed by atoms with Gasteiger partial charge in [0.05, 0.1) is 11.4 Å². The van der Waals surface area contributed by atoms with Crippen LogP contribution in [0.4, 0.5) is 5.69 Å². The molecule has 0 bridgehead atoms. The Hall–Kier alpha value is -2.22. The Balaban J connectivity index is 1.69. The highest BCUT2D eigenvalue weighted by atomic mass is 32.2. The number of benzene rings is 2. The molecular weight excluding hydrogens is 386 g/mol. The molecule has 2 aromatic rings. The lowest BCUT2D eigenvalue weighted by Crippen LogP contribution is -2.35. The first-order valence-electron chi connectivity index (χ1n) is 10.1. The first-order chi connectivity index (χ1) is 13.8. The van der Waals surface area contributed by atoms with E-state index < -0.39 is 10.0 Å². The van der Waals surface area contributed by atoms with Crippen molar-refractivity contribution in [2.24, 2.45) is 11.1 Å². The third-order valence-corrected chi connectivity index (χ3v) is 6.49. The maximum Gasteiger partial charge on any atom is 0.238 e. The molecule has 1 fully saturated rings. The van der Waals surface area contributed by atoms with E-state index in [-0.39, 0.29) is 23.4 Å². The second-order valence-electron chi connectivity index (χ2n) is 7.74. The van der Waals surface area contributed by atoms with Gasteiger partial charge in [0.2, 0.25) is 15.9 Å². The Morgan fingerprint density at radius 1 is 1.10 bits per heavy atom. The number of sulfonamides is 1. The van der Waals surface area contributed by atoms with E-state index >= 15 is 0 Å². The van der Waals surface area contributed by atoms with Crippen LogP contribution in [0.25, 0.3) is 0 Å². The predicted octanol–water partition coefficient (Wildman–Crippen LogP) is 3.49. The second kappa shape index (κ2) is 9.52. The van der Waals surface area contributed by atoms with Crippen molar-refractivity contribution in [2.75, 3.05) is 11.9 Å². The number of carbonyl (C=O) groups excluding carboxylic acids is 1. The van der Waals surface area contributed by atoms with Crippen molar-refractivity contribution in [3.63, 3.8) is 0 Å². The molecule has 1 atom stereocenters. The van der Waals surface area contributed by atoms with Gasteiger partial charge in [-0.1, -0.05) is 55.7 Å². The van der Waals surface area contributed by atoms with Crippen LogP contribution >= 0.6 is 0 Å². The average molecular weight is 416 g/mol. The highest BCUT2D eigenvalue weighted by Gasteiger charge is 2.25. The quantitative estimate of drug-likeness (QED) is 0.644. The molecule has 0 radical (unpaired) electrons. The molecule has 29 heavy (non-hydrogen) atoms. The van der Waals surface area contributed by atoms with Crippen LogP contribution in [0, 0.1) is 12.8 Å². The number of nitrogens with one attached hydrogen (secondary N) is 2. The van der Waals surface area contributed by atoms with Crippen LogP contribution in [0.1, 0.15) is 49.3 Å². The predicted molar refractivity (Wildman–Crippen MR) is 115 cm³/mol. The fraction of sp³-hybridized carbons (Fsp3) is 0.409. The molecule has 3 rings (SSSR count). The molecular formula is C22H29N3O3S. The molecule has 1 aliphatic carbocycles. The van der Waals surface area contributed by atoms with Gasteiger partial charge in [-0.15, -0.1) is 0 Å². The molecule has 1 saturated carbocycles. The van der Waals surface area contributed by atoms with Gasteiger partial charge in [0.15, 0.2) is 0 Å². The molecule has 0 saturated heterocycles. The van der Waals surface area contributed by atoms with Crippen LogP contribution in [0.2, 0.25) is 0 Å². The number of aryl methyl sites for hydroxylation is 1. The summed E-state index contributed by atoms with van der Waals surface area (Å²) in [5.74, 6) is 0.294. The maximum absolute atomic E-state index is 12.6. The van der Waals surface area contributed by atoms with E-state index in [0.717, 1.165) is 18.4 Å². The van der Waals surface area contributed by atoms with E-state index in [2.05, 4.69) is 22.8 Å². The van der Waals surface area contributed by atoms with Gasteiger partial charge in [-0.25, -0.2) is 13.6 Å². The van der Waals surface area contributed by atoms with E-state index in [1.54, 1.807) is 6.07 Å². The van der Waals surface area contributed by atoms with Crippen molar-refractivity contribution in [3.05, 3.63) is 59.7 Å². The Morgan fingerprint density at radius 2 is 1.79 bits per heavy atom. The smallest absolute Gasteiger partial charge is 0.238 e. The first-order valence-corrected chi connectivity index (χ1v) is 11.6. The molecule has 7 heteroatoms. The van der Waals surface area contributed by atoms with E-state index in [0.29, 0.717) is 11.6 Å². The Morgan fingerprint density at radius 3 is 2.45 bits per heavy atom. The molecule has 156 valence electrons. The van der Waals surface area contributed by atoms with Gasteiger partial charge in [0.25, 0.3) is 0 Å². The van der Waals surface area contributed by atoms with E-state index in [1.807, 2.05) is 25.1 Å². The van der Waals surface area contributed by atoms with Gasteiger partial charge < -0.3 is 10.6 Å². The molecule has 0 aliphatic heterocycles. The van der Waals surface area contributed by atoms with Crippen molar-refractivity contribution in [1.82, 2.24) is 5.32 Å². The van der Waals surface area contributed by atoms with E-state index in [4.69, 9.17) is 5.14 Å². The largest absolute Gasteiger partial charge is 0.325 e. The van der Waals surface area contributed by atoms with Crippen LogP contribution in [-0.4, -0.2) is 20.9 Å². The third-order valence-electron chi connectivity index (χ3n) is 5.57. The van der Waals surface area contributed by atoms with Crippen molar-refractivity contribution >= 4 is 21.6 Å². The molecule has 6 nitrogen and oxygen atoms in total. The van der Waals surface area contributed by atoms with Crippen molar-refractivity contribution in [3.8, 4) is 0 Å². The van der Waals surface area contributed by atoms with Crippen molar-refractivity contribution in [2.45, 2.75) is 50.0 Å². The molecule has 1 aliphatic rings. The molecule has 4 N–H and O–H groups in total. The van der Waals surface area contributed by atoms with Gasteiger partial charge in [0, 0.05) is 11.7 Å². The minimum Gasteiger partial charge on any atom is -0.325 e. The van der Waals surface area contributed by atoms with Crippen LogP contribution < -0.4 is 15.8 Å². The summed E-state index contributed by atoms with van der Waals surface area (Å²) in [7, 11) is -3.82. The van der Waals surface area contributed by atoms with E-state index in [1.165, 1.54) is 37.0 Å². The molecule has 2 aromatic carbocycles. The highest BCUT2D eigenvalue weighted by Crippen LogP contribution is 2.34. The summed E-state index contributed by atoms with van der Waals surface area (Å²) in [4.78, 5) is 12.6. The topological polar surface area (TPSA) is 101 Å². The highest BCUT2D eigenvalue weighted by molar-refractivity contribution is 7.89. The Bertz CT molecular complexity index is 939. The summed E-state index contributed by atoms with van der Waals surface area (Å²) in [6.45, 7) is 1.96. The normalized spacial score (nSPS) is 16.3. The van der Waals surface area contributed by atoms with Crippen LogP contribution in [0.15, 0.2) is 53.4 Å². The number of nitrogens with two attached hydrogens (primary N) is 1. The second-order valence-corrected chi connectivity index (χ2v) is 9.30. The van der Waals surface area contributed by atoms with Crippen molar-refractivity contribution in [1.29, 1.82) is 0 Å². The molecule has 0 heterocycles. The summed E-state index contributed by atoms with van der Waals surface area (Å²) in [5.41, 5.74) is 2.43. The van der Waals surface area contributed by atoms with Crippen LogP contribution in [-0.2, 0) is 14.8 Å². The van der Waals surface area contributed by atoms with Crippen molar-refractivity contribution < 1.29 is 13.2 Å². The number of carbonyl (C=O) groups is 1. The molecule has 1 amide bonds. The minimum atomic E-state index is -3.82. The summed E-state index contributed by atoms with van der Waals surface area (Å²) in [6.07, 6.45) is 6.04. The monoisotopic (exact) mass is 415 g/mol. The number of anilines is 1. The number of amides is 1. The van der Waals surface area contributed by atoms with Gasteiger partial charge in [-0.05, 0) is 48.9 Å². The van der Waals surface area contributed by atoms with Gasteiger partial charge in [-0.2, -0.15) is 0 Å². The number of hydrogen-bond acceptors (Lipinski definition) is 4. The summed E-state index contributed by atoms with van der Waals surface area (Å²) in [6, 6.07) is 14.8. The fourth-order valence-corrected chi connectivity index (χ4v) is 4.53. The Labute approximate surface area is 172 Å². The summed E-state index contributed by atoms with van der Waals surface area (Å²) < 4.78 is 23.2. The molecule has 1 unspecified atom stereocenters. The average Bonchev–Trinajstić information content (AvgIpc) is 2.70. The molecule has 0 aromatic heterocycles. The summed E-state index contributed by atoms with van der Waals surface area (Å²) >= 11 is 0. The van der Waals surface area contributed by atoms with Gasteiger partial charge in [-0.3, -0.25) is 4.79 Å². The summed E-state index contributed by atoms with van der Waals surface area (Å²) in [5, 5.41) is 11.4. The number of hydrogen-bond donors (Lipinski definition) is 3. The first kappa shape index (κ1) is 21.5. The number of primary sulfonamides is 1. The third kappa shape index (κ3) is 5.88. The zero-order valence-corrected chi connectivity index (χ0v) is 17.5. The standard InChI is InChI=1S/C22H29N3O3S/c1-16-12-13-19(29(23,27)28)14-20(16)25-21(26)15-24-22(17-8-4-2-5-9-17)18-10-6-3-7-11-18/h2,4-5,8-9,12-14,18,22,24H,3,6-7,10-11,15H2,1H3,(H,25,26)(H2,23,27,28). The van der Waals surface area contributed by atoms with Crippen LogP contribution in [0.3, 0.4) is 0 Å².